The quantitative estimate of drug-likeness (QED) is 0.0333. The van der Waals surface area contributed by atoms with Crippen molar-refractivity contribution < 1.29 is 86.3 Å². The zero-order valence-corrected chi connectivity index (χ0v) is 87.2. The van der Waals surface area contributed by atoms with Gasteiger partial charge in [-0.2, -0.15) is 0 Å². The second-order valence-electron chi connectivity index (χ2n) is 39.6. The maximum Gasteiger partial charge on any atom is 0.244 e. The Labute approximate surface area is 845 Å². The van der Waals surface area contributed by atoms with Crippen molar-refractivity contribution in [2.24, 2.45) is 75.8 Å². The molecule has 40 nitrogen and oxygen atoms in total. The van der Waals surface area contributed by atoms with Crippen LogP contribution in [0.15, 0.2) is 84.0 Å². The van der Waals surface area contributed by atoms with Gasteiger partial charge >= 0.3 is 0 Å². The zero-order chi connectivity index (χ0) is 107. The molecule has 16 amide bonds. The Bertz CT molecular complexity index is 4440. The molecule has 2 fully saturated rings. The van der Waals surface area contributed by atoms with Crippen molar-refractivity contribution in [3.8, 4) is 0 Å². The van der Waals surface area contributed by atoms with E-state index in [1.165, 1.54) is 6.08 Å². The summed E-state index contributed by atoms with van der Waals surface area (Å²) in [4.78, 5) is 252. The lowest BCUT2D eigenvalue weighted by Crippen LogP contribution is -2.59. The molecular weight excluding hydrogens is 1830 g/mol. The normalized spacial score (nSPS) is 23.4. The molecule has 0 spiro atoms. The minimum Gasteiger partial charge on any atom is -0.354 e. The summed E-state index contributed by atoms with van der Waals surface area (Å²) in [6, 6.07) is 1.31. The molecule has 2 heterocycles. The smallest absolute Gasteiger partial charge is 0.244 e. The third-order valence-electron chi connectivity index (χ3n) is 24.5. The van der Waals surface area contributed by atoms with Gasteiger partial charge < -0.3 is 119 Å². The first-order valence-electron chi connectivity index (χ1n) is 51.3. The first kappa shape index (κ1) is 126. The average molecular weight is 2010 g/mol. The van der Waals surface area contributed by atoms with Crippen LogP contribution < -0.4 is 119 Å². The number of Topliss-reactive ketones (excluding diaryl/α,β-unsaturated/α-hetero) is 2. The van der Waals surface area contributed by atoms with Crippen molar-refractivity contribution in [1.29, 1.82) is 0 Å². The molecule has 28 N–H and O–H groups in total. The Morgan fingerprint density at radius 1 is 0.371 bits per heavy atom. The summed E-state index contributed by atoms with van der Waals surface area (Å²) in [6.45, 7) is 27.8. The first-order valence-corrected chi connectivity index (χ1v) is 51.3. The maximum absolute atomic E-state index is 14.4. The Kier molecular flexibility index (Phi) is 60.4. The molecule has 143 heavy (non-hydrogen) atoms. The fourth-order valence-electron chi connectivity index (χ4n) is 16.4. The van der Waals surface area contributed by atoms with E-state index in [1.807, 2.05) is 109 Å². The molecule has 0 bridgehead atoms. The van der Waals surface area contributed by atoms with E-state index < -0.39 is 197 Å². The second-order valence-corrected chi connectivity index (χ2v) is 39.6. The van der Waals surface area contributed by atoms with E-state index in [4.69, 9.17) is 34.4 Å². The lowest BCUT2D eigenvalue weighted by atomic mass is 9.88. The van der Waals surface area contributed by atoms with E-state index in [2.05, 4.69) is 91.1 Å². The standard InChI is InChI=1S/C53H87N11O9.C50H85N11O9/c1-9-14-38-49(69)64-44(28-34(6)7)48(68)57-26-22-42(62-50(70)39(19-23-54)58-46(66)29-35(8)16-13-15-32(2)3)53(73)61-41(21-25-56)52(72)63-43(27-33(4)5)45(65)31-37(30-36-17-11-10-12-18-36)47(67)59-40(20-24-55)51(71)60-38;1-8-13-35-46(66)61-41(27-31(5)6)45(65)54-25-21-39(59-47(67)36(18-22-51)55-43(63)17-16-32(7)9-2)50(70)58-38(20-24-53)49(69)60-40(26-30(3)4)42(62)29-34(28-33-14-11-10-12-15-33)44(64)56-37(19-23-52)48(68)57-35/h10-12,15,17-18,29,33-34,37-44H,9,13-14,16,19-28,30-31,54-56H2,1-8H3,(H,57,68)(H,58,66)(H,59,67)(H,60,71)(H,61,73)(H,62,70)(H,63,72)(H,64,69);10-12,14-15,30-32,34-41H,8-9,13,16-29,51-53H2,1-7H3,(H,54,65)(H,55,63)(H,56,64)(H,57,68)(H,58,70)(H,59,67)(H,60,69)(H,61,66)/b35-29+;/t37-,38-,39+,40-,41-,42-,43-,44-;32?,34-,35-,36+,37-,38-,39-,40-,41-/m00/s1. The molecule has 2 saturated heterocycles. The largest absolute Gasteiger partial charge is 0.354 e. The molecule has 0 aromatic heterocycles. The van der Waals surface area contributed by atoms with Crippen molar-refractivity contribution in [2.75, 3.05) is 52.4 Å². The highest BCUT2D eigenvalue weighted by atomic mass is 16.2. The summed E-state index contributed by atoms with van der Waals surface area (Å²) < 4.78 is 0. The fourth-order valence-corrected chi connectivity index (χ4v) is 16.4. The summed E-state index contributed by atoms with van der Waals surface area (Å²) in [5, 5.41) is 44.0. The first-order chi connectivity index (χ1) is 67.9. The van der Waals surface area contributed by atoms with Crippen molar-refractivity contribution in [3.63, 3.8) is 0 Å². The van der Waals surface area contributed by atoms with Gasteiger partial charge in [0.25, 0.3) is 0 Å². The van der Waals surface area contributed by atoms with Crippen LogP contribution in [0.1, 0.15) is 263 Å². The van der Waals surface area contributed by atoms with Crippen molar-refractivity contribution >= 4 is 106 Å². The van der Waals surface area contributed by atoms with Gasteiger partial charge in [-0.05, 0) is 223 Å². The highest BCUT2D eigenvalue weighted by molar-refractivity contribution is 6.01. The van der Waals surface area contributed by atoms with Crippen LogP contribution in [0.3, 0.4) is 0 Å². The summed E-state index contributed by atoms with van der Waals surface area (Å²) in [5.41, 5.74) is 38.9. The fraction of sp³-hybridized carbons (Fsp3) is 0.670. The van der Waals surface area contributed by atoms with Crippen LogP contribution in [-0.2, 0) is 99.1 Å². The van der Waals surface area contributed by atoms with Crippen LogP contribution in [0.25, 0.3) is 0 Å². The molecule has 17 atom stereocenters. The molecule has 0 aliphatic carbocycles. The number of allylic oxidation sites excluding steroid dienone is 3. The number of ketones is 2. The molecule has 0 saturated carbocycles. The molecule has 802 valence electrons. The number of carbonyl (C=O) groups is 18. The Morgan fingerprint density at radius 2 is 0.685 bits per heavy atom. The van der Waals surface area contributed by atoms with Crippen LogP contribution in [-0.4, -0.2) is 243 Å². The summed E-state index contributed by atoms with van der Waals surface area (Å²) in [6.07, 6.45) is 7.48. The van der Waals surface area contributed by atoms with Gasteiger partial charge in [-0.3, -0.25) is 86.3 Å². The number of nitrogens with two attached hydrogens (primary N) is 6. The Hall–Kier alpha value is -11.5. The van der Waals surface area contributed by atoms with Crippen LogP contribution in [0.2, 0.25) is 0 Å². The van der Waals surface area contributed by atoms with E-state index in [0.29, 0.717) is 25.7 Å². The minimum absolute atomic E-state index is 0.000643. The van der Waals surface area contributed by atoms with Crippen LogP contribution in [0.4, 0.5) is 0 Å². The topological polar surface area (TPSA) is 656 Å². The van der Waals surface area contributed by atoms with Gasteiger partial charge in [-0.25, -0.2) is 0 Å². The van der Waals surface area contributed by atoms with E-state index in [9.17, 15) is 86.3 Å². The van der Waals surface area contributed by atoms with Gasteiger partial charge in [0.1, 0.15) is 72.5 Å². The predicted octanol–water partition coefficient (Wildman–Crippen LogP) is 1.83. The molecule has 2 aromatic carbocycles. The monoisotopic (exact) mass is 2010 g/mol. The van der Waals surface area contributed by atoms with E-state index in [1.54, 1.807) is 55.5 Å². The lowest BCUT2D eigenvalue weighted by molar-refractivity contribution is -0.136. The molecule has 2 aromatic rings. The van der Waals surface area contributed by atoms with Crippen LogP contribution in [0.5, 0.6) is 0 Å². The number of nitrogens with one attached hydrogen (secondary N) is 16. The molecule has 2 aliphatic heterocycles. The third-order valence-corrected chi connectivity index (χ3v) is 24.5. The highest BCUT2D eigenvalue weighted by Gasteiger charge is 2.40. The summed E-state index contributed by atoms with van der Waals surface area (Å²) in [5.74, 6) is -13.7. The zero-order valence-electron chi connectivity index (χ0n) is 87.2. The maximum atomic E-state index is 14.4. The molecule has 1 unspecified atom stereocenters. The van der Waals surface area contributed by atoms with E-state index >= 15 is 0 Å². The predicted molar refractivity (Wildman–Crippen MR) is 550 cm³/mol. The number of hydrogen-bond donors (Lipinski definition) is 22. The van der Waals surface area contributed by atoms with E-state index in [0.717, 1.165) is 35.1 Å². The number of rotatable bonds is 42. The highest BCUT2D eigenvalue weighted by Crippen LogP contribution is 2.23. The number of benzene rings is 2. The number of carbonyl (C=O) groups excluding carboxylic acids is 18. The SMILES string of the molecule is CCC[C@@H]1NC(=O)[C@H](CCN)NC(=O)[C@@H](Cc2ccccc2)CC(=O)[C@H](CC(C)C)NC(=O)[C@H](CCN)NC(=O)[C@@H](NC(=O)[C@@H](CCN)NC(=O)/C=C(\C)CCC=C(C)C)CCNC(=O)[C@H](CC(C)C)NC1=O.CCC[C@@H]1NC(=O)[C@H](CCN)NC(=O)[C@@H](Cc2ccccc2)CC(=O)[C@H](CC(C)C)NC(=O)[C@H](CCN)NC(=O)[C@@H](NC(=O)[C@@H](CCN)NC(=O)CCC(C)CC)CCNC(=O)[C@H](CC(C)C)NC1=O. The second kappa shape index (κ2) is 68.7. The lowest BCUT2D eigenvalue weighted by Gasteiger charge is -2.28. The summed E-state index contributed by atoms with van der Waals surface area (Å²) in [7, 11) is 0. The molecule has 4 rings (SSSR count). The van der Waals surface area contributed by atoms with Crippen molar-refractivity contribution in [3.05, 3.63) is 95.1 Å². The Morgan fingerprint density at radius 3 is 1.01 bits per heavy atom. The third kappa shape index (κ3) is 49.1. The van der Waals surface area contributed by atoms with Gasteiger partial charge in [0.15, 0.2) is 11.6 Å². The number of hydrogen-bond acceptors (Lipinski definition) is 24. The van der Waals surface area contributed by atoms with Gasteiger partial charge in [0, 0.05) is 50.3 Å². The molecule has 40 heteroatoms. The van der Waals surface area contributed by atoms with Crippen LogP contribution in [0, 0.1) is 41.4 Å². The van der Waals surface area contributed by atoms with Gasteiger partial charge in [0.05, 0.1) is 12.1 Å². The molecule has 2 aliphatic rings. The average Bonchev–Trinajstić information content (AvgIpc) is 1.81. The van der Waals surface area contributed by atoms with Gasteiger partial charge in [-0.1, -0.05) is 180 Å². The van der Waals surface area contributed by atoms with E-state index in [-0.39, 0.29) is 210 Å². The van der Waals surface area contributed by atoms with Crippen molar-refractivity contribution in [1.82, 2.24) is 85.1 Å². The number of amides is 16. The van der Waals surface area contributed by atoms with Crippen LogP contribution >= 0.6 is 0 Å². The molecule has 0 radical (unpaired) electrons. The molecular formula is C103H172N22O18. The van der Waals surface area contributed by atoms with Crippen molar-refractivity contribution in [2.45, 2.75) is 349 Å². The Balaban J connectivity index is 0.000000736. The minimum atomic E-state index is -1.41. The summed E-state index contributed by atoms with van der Waals surface area (Å²) >= 11 is 0. The van der Waals surface area contributed by atoms with Gasteiger partial charge in [0.2, 0.25) is 94.5 Å². The van der Waals surface area contributed by atoms with Gasteiger partial charge in [-0.15, -0.1) is 0 Å².